The highest BCUT2D eigenvalue weighted by atomic mass is 35.5. The smallest absolute Gasteiger partial charge is 0.143 e. The van der Waals surface area contributed by atoms with Crippen LogP contribution in [-0.2, 0) is 4.74 Å². The van der Waals surface area contributed by atoms with Gasteiger partial charge in [0.05, 0.1) is 11.1 Å². The standard InChI is InChI=1S/C14H17ClFNO/c1-14(2)12(9-5-6-18-13(9)14)17-8-3-4-10(15)11(16)7-8/h3-4,7,9,12-13,17H,5-6H2,1-2H3. The molecule has 0 bridgehead atoms. The fourth-order valence-electron chi connectivity index (χ4n) is 3.38. The van der Waals surface area contributed by atoms with Crippen molar-refractivity contribution in [2.24, 2.45) is 11.3 Å². The summed E-state index contributed by atoms with van der Waals surface area (Å²) in [4.78, 5) is 0. The Hall–Kier alpha value is -0.800. The molecule has 3 rings (SSSR count). The Morgan fingerprint density at radius 3 is 2.94 bits per heavy atom. The summed E-state index contributed by atoms with van der Waals surface area (Å²) in [5, 5.41) is 3.59. The van der Waals surface area contributed by atoms with Gasteiger partial charge in [-0.15, -0.1) is 0 Å². The van der Waals surface area contributed by atoms with Crippen LogP contribution >= 0.6 is 11.6 Å². The Morgan fingerprint density at radius 2 is 2.22 bits per heavy atom. The minimum Gasteiger partial charge on any atom is -0.381 e. The molecule has 1 N–H and O–H groups in total. The van der Waals surface area contributed by atoms with Crippen LogP contribution in [0.25, 0.3) is 0 Å². The van der Waals surface area contributed by atoms with Gasteiger partial charge in [0.25, 0.3) is 0 Å². The molecule has 3 unspecified atom stereocenters. The number of fused-ring (bicyclic) bond motifs is 1. The number of rotatable bonds is 2. The zero-order chi connectivity index (χ0) is 12.9. The highest BCUT2D eigenvalue weighted by molar-refractivity contribution is 6.30. The lowest BCUT2D eigenvalue weighted by molar-refractivity contribution is -0.0923. The Bertz CT molecular complexity index is 477. The van der Waals surface area contributed by atoms with Crippen LogP contribution in [0.5, 0.6) is 0 Å². The lowest BCUT2D eigenvalue weighted by atomic mass is 9.57. The SMILES string of the molecule is CC1(C)C(Nc2ccc(Cl)c(F)c2)C2CCOC21. The first kappa shape index (κ1) is 12.2. The van der Waals surface area contributed by atoms with E-state index >= 15 is 0 Å². The summed E-state index contributed by atoms with van der Waals surface area (Å²) in [7, 11) is 0. The number of anilines is 1. The van der Waals surface area contributed by atoms with Crippen LogP contribution in [0.2, 0.25) is 5.02 Å². The third-order valence-corrected chi connectivity index (χ3v) is 4.65. The Kier molecular flexibility index (Phi) is 2.79. The fourth-order valence-corrected chi connectivity index (χ4v) is 3.50. The minimum absolute atomic E-state index is 0.0945. The van der Waals surface area contributed by atoms with E-state index in [4.69, 9.17) is 16.3 Å². The number of hydrogen-bond donors (Lipinski definition) is 1. The molecule has 18 heavy (non-hydrogen) atoms. The van der Waals surface area contributed by atoms with Crippen LogP contribution in [0.15, 0.2) is 18.2 Å². The van der Waals surface area contributed by atoms with Crippen molar-refractivity contribution in [3.8, 4) is 0 Å². The van der Waals surface area contributed by atoms with Gasteiger partial charge in [-0.1, -0.05) is 25.4 Å². The first-order valence-corrected chi connectivity index (χ1v) is 6.71. The quantitative estimate of drug-likeness (QED) is 0.884. The number of halogens is 2. The second-order valence-electron chi connectivity index (χ2n) is 5.82. The maximum Gasteiger partial charge on any atom is 0.143 e. The number of nitrogens with one attached hydrogen (secondary N) is 1. The molecule has 3 atom stereocenters. The van der Waals surface area contributed by atoms with Crippen LogP contribution < -0.4 is 5.32 Å². The van der Waals surface area contributed by atoms with E-state index in [9.17, 15) is 4.39 Å². The van der Waals surface area contributed by atoms with Gasteiger partial charge in [0, 0.05) is 29.7 Å². The van der Waals surface area contributed by atoms with Gasteiger partial charge in [-0.25, -0.2) is 4.39 Å². The van der Waals surface area contributed by atoms with Crippen molar-refractivity contribution in [2.45, 2.75) is 32.4 Å². The molecule has 2 fully saturated rings. The molecular weight excluding hydrogens is 253 g/mol. The van der Waals surface area contributed by atoms with Crippen molar-refractivity contribution in [1.29, 1.82) is 0 Å². The molecule has 0 radical (unpaired) electrons. The van der Waals surface area contributed by atoms with Gasteiger partial charge in [-0.05, 0) is 24.6 Å². The summed E-state index contributed by atoms with van der Waals surface area (Å²) < 4.78 is 19.2. The predicted octanol–water partition coefficient (Wildman–Crippen LogP) is 3.70. The third kappa shape index (κ3) is 1.72. The maximum absolute atomic E-state index is 13.4. The molecule has 0 aromatic heterocycles. The van der Waals surface area contributed by atoms with Crippen LogP contribution in [0.4, 0.5) is 10.1 Å². The first-order valence-electron chi connectivity index (χ1n) is 6.33. The van der Waals surface area contributed by atoms with E-state index in [1.807, 2.05) is 6.07 Å². The van der Waals surface area contributed by atoms with Gasteiger partial charge < -0.3 is 10.1 Å². The maximum atomic E-state index is 13.4. The minimum atomic E-state index is -0.377. The molecule has 2 nitrogen and oxygen atoms in total. The van der Waals surface area contributed by atoms with E-state index in [2.05, 4.69) is 19.2 Å². The summed E-state index contributed by atoms with van der Waals surface area (Å²) in [6, 6.07) is 5.21. The molecule has 1 aliphatic heterocycles. The molecule has 98 valence electrons. The Morgan fingerprint density at radius 1 is 1.44 bits per heavy atom. The van der Waals surface area contributed by atoms with Crippen molar-refractivity contribution >= 4 is 17.3 Å². The monoisotopic (exact) mass is 269 g/mol. The van der Waals surface area contributed by atoms with E-state index in [1.54, 1.807) is 6.07 Å². The lowest BCUT2D eigenvalue weighted by Gasteiger charge is -2.55. The van der Waals surface area contributed by atoms with E-state index in [-0.39, 0.29) is 16.3 Å². The summed E-state index contributed by atoms with van der Waals surface area (Å²) >= 11 is 5.69. The fraction of sp³-hybridized carbons (Fsp3) is 0.571. The van der Waals surface area contributed by atoms with E-state index < -0.39 is 0 Å². The van der Waals surface area contributed by atoms with Gasteiger partial charge in [0.15, 0.2) is 0 Å². The second-order valence-corrected chi connectivity index (χ2v) is 6.22. The zero-order valence-electron chi connectivity index (χ0n) is 10.5. The van der Waals surface area contributed by atoms with Crippen molar-refractivity contribution in [3.05, 3.63) is 29.0 Å². The van der Waals surface area contributed by atoms with Gasteiger partial charge in [0.1, 0.15) is 5.82 Å². The molecule has 1 saturated heterocycles. The predicted molar refractivity (Wildman–Crippen MR) is 70.4 cm³/mol. The van der Waals surface area contributed by atoms with Crippen LogP contribution in [0.3, 0.4) is 0 Å². The van der Waals surface area contributed by atoms with Crippen molar-refractivity contribution in [2.75, 3.05) is 11.9 Å². The molecule has 0 spiro atoms. The van der Waals surface area contributed by atoms with Crippen molar-refractivity contribution in [1.82, 2.24) is 0 Å². The van der Waals surface area contributed by atoms with E-state index in [0.29, 0.717) is 18.1 Å². The Balaban J connectivity index is 1.78. The molecular formula is C14H17ClFNO. The van der Waals surface area contributed by atoms with Gasteiger partial charge in [0.2, 0.25) is 0 Å². The van der Waals surface area contributed by atoms with Gasteiger partial charge >= 0.3 is 0 Å². The van der Waals surface area contributed by atoms with Crippen LogP contribution in [0.1, 0.15) is 20.3 Å². The number of hydrogen-bond acceptors (Lipinski definition) is 2. The highest BCUT2D eigenvalue weighted by Crippen LogP contribution is 2.53. The first-order chi connectivity index (χ1) is 8.50. The molecule has 1 heterocycles. The molecule has 1 aliphatic carbocycles. The van der Waals surface area contributed by atoms with E-state index in [0.717, 1.165) is 18.7 Å². The lowest BCUT2D eigenvalue weighted by Crippen LogP contribution is -2.63. The molecule has 0 amide bonds. The number of ether oxygens (including phenoxy) is 1. The molecule has 1 aromatic carbocycles. The largest absolute Gasteiger partial charge is 0.381 e. The Labute approximate surface area is 111 Å². The average Bonchev–Trinajstić information content (AvgIpc) is 2.77. The van der Waals surface area contributed by atoms with Gasteiger partial charge in [-0.2, -0.15) is 0 Å². The van der Waals surface area contributed by atoms with Crippen molar-refractivity contribution in [3.63, 3.8) is 0 Å². The zero-order valence-corrected chi connectivity index (χ0v) is 11.3. The van der Waals surface area contributed by atoms with Crippen LogP contribution in [0, 0.1) is 17.2 Å². The average molecular weight is 270 g/mol. The summed E-state index contributed by atoms with van der Waals surface area (Å²) in [6.45, 7) is 5.23. The summed E-state index contributed by atoms with van der Waals surface area (Å²) in [5.41, 5.74) is 0.886. The summed E-state index contributed by atoms with van der Waals surface area (Å²) in [5.74, 6) is 0.164. The van der Waals surface area contributed by atoms with Crippen LogP contribution in [-0.4, -0.2) is 18.8 Å². The van der Waals surface area contributed by atoms with Crippen molar-refractivity contribution < 1.29 is 9.13 Å². The molecule has 1 saturated carbocycles. The molecule has 1 aromatic rings. The second kappa shape index (κ2) is 4.10. The normalized spacial score (nSPS) is 32.8. The van der Waals surface area contributed by atoms with Gasteiger partial charge in [-0.3, -0.25) is 0 Å². The summed E-state index contributed by atoms with van der Waals surface area (Å²) in [6.07, 6.45) is 1.43. The molecule has 2 aliphatic rings. The third-order valence-electron chi connectivity index (χ3n) is 4.34. The van der Waals surface area contributed by atoms with E-state index in [1.165, 1.54) is 6.07 Å². The topological polar surface area (TPSA) is 21.3 Å². The highest BCUT2D eigenvalue weighted by Gasteiger charge is 2.59. The molecule has 4 heteroatoms. The number of benzene rings is 1.